The number of aromatic nitrogens is 4. The highest BCUT2D eigenvalue weighted by Crippen LogP contribution is 2.27. The molecule has 0 saturated heterocycles. The number of fused-ring (bicyclic) bond motifs is 2. The Hall–Kier alpha value is -4.59. The number of benzene rings is 2. The average Bonchev–Trinajstić information content (AvgIpc) is 3.15. The van der Waals surface area contributed by atoms with Crippen LogP contribution >= 0.6 is 0 Å². The monoisotopic (exact) mass is 449 g/mol. The van der Waals surface area contributed by atoms with Crippen LogP contribution in [0.2, 0.25) is 0 Å². The molecule has 1 amide bonds. The first-order valence-electron chi connectivity index (χ1n) is 11.0. The molecule has 0 fully saturated rings. The molecule has 5 aromatic rings. The average molecular weight is 450 g/mol. The van der Waals surface area contributed by atoms with Crippen LogP contribution in [0.15, 0.2) is 84.2 Å². The quantitative estimate of drug-likeness (QED) is 0.290. The van der Waals surface area contributed by atoms with Gasteiger partial charge in [0.2, 0.25) is 0 Å². The van der Waals surface area contributed by atoms with Gasteiger partial charge in [-0.2, -0.15) is 9.78 Å². The second-order valence-electron chi connectivity index (χ2n) is 7.83. The molecule has 3 N–H and O–H groups in total. The Kier molecular flexibility index (Phi) is 5.94. The van der Waals surface area contributed by atoms with E-state index in [0.717, 1.165) is 18.4 Å². The highest BCUT2D eigenvalue weighted by atomic mass is 16.1. The Balaban J connectivity index is 1.47. The van der Waals surface area contributed by atoms with Gasteiger partial charge in [0, 0.05) is 18.9 Å². The number of nitrogens with two attached hydrogens (primary N) is 1. The molecular weight excluding hydrogens is 426 g/mol. The third kappa shape index (κ3) is 4.33. The van der Waals surface area contributed by atoms with Gasteiger partial charge in [0.15, 0.2) is 5.65 Å². The second-order valence-corrected chi connectivity index (χ2v) is 7.83. The summed E-state index contributed by atoms with van der Waals surface area (Å²) in [6, 6.07) is 21.3. The van der Waals surface area contributed by atoms with Crippen molar-refractivity contribution in [2.75, 3.05) is 12.3 Å². The van der Waals surface area contributed by atoms with Crippen LogP contribution in [-0.4, -0.2) is 38.3 Å². The summed E-state index contributed by atoms with van der Waals surface area (Å²) in [6.07, 6.45) is 6.69. The Labute approximate surface area is 196 Å². The van der Waals surface area contributed by atoms with Crippen molar-refractivity contribution in [2.45, 2.75) is 12.8 Å². The smallest absolute Gasteiger partial charge is 0.257 e. The molecule has 0 bridgehead atoms. The van der Waals surface area contributed by atoms with Crippen molar-refractivity contribution < 1.29 is 4.79 Å². The van der Waals surface area contributed by atoms with Crippen LogP contribution in [-0.2, 0) is 6.42 Å². The number of pyridine rings is 1. The lowest BCUT2D eigenvalue weighted by molar-refractivity contribution is 0.0955. The Morgan fingerprint density at radius 3 is 2.44 bits per heavy atom. The number of nitrogens with zero attached hydrogens (tertiary/aromatic N) is 5. The van der Waals surface area contributed by atoms with Gasteiger partial charge >= 0.3 is 0 Å². The van der Waals surface area contributed by atoms with Gasteiger partial charge < -0.3 is 11.1 Å². The van der Waals surface area contributed by atoms with Crippen LogP contribution < -0.4 is 11.1 Å². The number of carbonyl (C=O) groups excluding carboxylic acids is 1. The summed E-state index contributed by atoms with van der Waals surface area (Å²) >= 11 is 0. The van der Waals surface area contributed by atoms with Gasteiger partial charge in [-0.3, -0.25) is 9.78 Å². The molecule has 168 valence electrons. The van der Waals surface area contributed by atoms with Crippen molar-refractivity contribution in [3.63, 3.8) is 0 Å². The Bertz CT molecular complexity index is 1480. The molecule has 0 aliphatic heterocycles. The van der Waals surface area contributed by atoms with E-state index >= 15 is 0 Å². The van der Waals surface area contributed by atoms with E-state index < -0.39 is 0 Å². The number of amides is 1. The van der Waals surface area contributed by atoms with Crippen molar-refractivity contribution in [1.82, 2.24) is 24.9 Å². The molecule has 3 heterocycles. The molecule has 0 aliphatic rings. The predicted octanol–water partition coefficient (Wildman–Crippen LogP) is 3.81. The summed E-state index contributed by atoms with van der Waals surface area (Å²) in [5.41, 5.74) is 11.0. The maximum Gasteiger partial charge on any atom is 0.257 e. The molecule has 0 aliphatic carbocycles. The maximum atomic E-state index is 13.2. The number of aryl methyl sites for hydroxylation is 1. The first kappa shape index (κ1) is 21.3. The summed E-state index contributed by atoms with van der Waals surface area (Å²) < 4.78 is 1.47. The third-order valence-corrected chi connectivity index (χ3v) is 5.50. The molecule has 3 aromatic heterocycles. The van der Waals surface area contributed by atoms with Gasteiger partial charge in [-0.05, 0) is 48.2 Å². The highest BCUT2D eigenvalue weighted by Gasteiger charge is 2.23. The molecule has 34 heavy (non-hydrogen) atoms. The number of nitrogen functional groups attached to an aromatic ring is 1. The van der Waals surface area contributed by atoms with E-state index in [2.05, 4.69) is 27.5 Å². The largest absolute Gasteiger partial charge is 0.383 e. The topological polar surface area (TPSA) is 111 Å². The van der Waals surface area contributed by atoms with Gasteiger partial charge in [-0.1, -0.05) is 42.5 Å². The summed E-state index contributed by atoms with van der Waals surface area (Å²) in [6.45, 7) is 0.515. The molecule has 0 atom stereocenters. The molecule has 0 unspecified atom stereocenters. The van der Waals surface area contributed by atoms with Crippen LogP contribution in [0.25, 0.3) is 22.2 Å². The number of nitrogens with one attached hydrogen (secondary N) is 1. The Morgan fingerprint density at radius 1 is 0.971 bits per heavy atom. The van der Waals surface area contributed by atoms with Crippen molar-refractivity contribution in [3.8, 4) is 0 Å². The standard InChI is InChI=1S/C26H23N7O/c27-24-22(26(34)29-14-6-9-18-7-2-1-3-8-18)23-25(32-21-11-5-4-10-20(21)31-23)33(24)30-17-19-12-15-28-16-13-19/h1-5,7-8,10-13,15-17H,6,9,14,27H2,(H,29,34). The van der Waals surface area contributed by atoms with Crippen molar-refractivity contribution >= 4 is 40.1 Å². The van der Waals surface area contributed by atoms with E-state index in [1.165, 1.54) is 10.2 Å². The van der Waals surface area contributed by atoms with Crippen LogP contribution in [0.3, 0.4) is 0 Å². The lowest BCUT2D eigenvalue weighted by Gasteiger charge is -2.06. The van der Waals surface area contributed by atoms with Crippen LogP contribution in [0.4, 0.5) is 5.82 Å². The molecule has 8 heteroatoms. The fraction of sp³-hybridized carbons (Fsp3) is 0.115. The lowest BCUT2D eigenvalue weighted by Crippen LogP contribution is -2.25. The van der Waals surface area contributed by atoms with Gasteiger partial charge in [-0.15, -0.1) is 0 Å². The van der Waals surface area contributed by atoms with Crippen LogP contribution in [0, 0.1) is 0 Å². The van der Waals surface area contributed by atoms with E-state index in [1.807, 2.05) is 54.6 Å². The molecule has 8 nitrogen and oxygen atoms in total. The first-order valence-corrected chi connectivity index (χ1v) is 11.0. The number of rotatable bonds is 7. The molecule has 0 spiro atoms. The van der Waals surface area contributed by atoms with Crippen LogP contribution in [0.1, 0.15) is 27.9 Å². The van der Waals surface area contributed by atoms with Crippen molar-refractivity contribution in [2.24, 2.45) is 5.10 Å². The number of para-hydroxylation sites is 2. The fourth-order valence-electron chi connectivity index (χ4n) is 3.79. The predicted molar refractivity (Wildman–Crippen MR) is 134 cm³/mol. The summed E-state index contributed by atoms with van der Waals surface area (Å²) in [5, 5.41) is 7.48. The summed E-state index contributed by atoms with van der Waals surface area (Å²) in [4.78, 5) is 26.6. The number of carbonyl (C=O) groups is 1. The highest BCUT2D eigenvalue weighted by molar-refractivity contribution is 6.10. The van der Waals surface area contributed by atoms with E-state index in [0.29, 0.717) is 28.7 Å². The number of hydrogen-bond acceptors (Lipinski definition) is 6. The lowest BCUT2D eigenvalue weighted by atomic mass is 10.1. The van der Waals surface area contributed by atoms with Gasteiger partial charge in [0.25, 0.3) is 5.91 Å². The van der Waals surface area contributed by atoms with E-state index in [9.17, 15) is 4.79 Å². The van der Waals surface area contributed by atoms with E-state index in [1.54, 1.807) is 18.6 Å². The van der Waals surface area contributed by atoms with Gasteiger partial charge in [-0.25, -0.2) is 9.97 Å². The summed E-state index contributed by atoms with van der Waals surface area (Å²) in [5.74, 6) is -0.103. The zero-order valence-electron chi connectivity index (χ0n) is 18.4. The van der Waals surface area contributed by atoms with E-state index in [-0.39, 0.29) is 17.3 Å². The number of anilines is 1. The van der Waals surface area contributed by atoms with E-state index in [4.69, 9.17) is 15.7 Å². The SMILES string of the molecule is Nc1c(C(=O)NCCCc2ccccc2)c2nc3ccccc3nc2n1N=Cc1ccncc1. The molecular formula is C26H23N7O. The number of hydrogen-bond donors (Lipinski definition) is 2. The Morgan fingerprint density at radius 2 is 1.68 bits per heavy atom. The first-order chi connectivity index (χ1) is 16.7. The molecule has 2 aromatic carbocycles. The second kappa shape index (κ2) is 9.50. The fourth-order valence-corrected chi connectivity index (χ4v) is 3.79. The molecule has 5 rings (SSSR count). The maximum absolute atomic E-state index is 13.2. The molecule has 0 radical (unpaired) electrons. The third-order valence-electron chi connectivity index (χ3n) is 5.50. The van der Waals surface area contributed by atoms with Crippen LogP contribution in [0.5, 0.6) is 0 Å². The zero-order chi connectivity index (χ0) is 23.3. The van der Waals surface area contributed by atoms with Crippen molar-refractivity contribution in [1.29, 1.82) is 0 Å². The minimum absolute atomic E-state index is 0.191. The zero-order valence-corrected chi connectivity index (χ0v) is 18.4. The van der Waals surface area contributed by atoms with Gasteiger partial charge in [0.05, 0.1) is 17.2 Å². The normalized spacial score (nSPS) is 11.4. The molecule has 0 saturated carbocycles. The van der Waals surface area contributed by atoms with Crippen molar-refractivity contribution in [3.05, 3.63) is 95.8 Å². The minimum Gasteiger partial charge on any atom is -0.383 e. The van der Waals surface area contributed by atoms with Gasteiger partial charge in [0.1, 0.15) is 16.9 Å². The minimum atomic E-state index is -0.294. The summed E-state index contributed by atoms with van der Waals surface area (Å²) in [7, 11) is 0.